The summed E-state index contributed by atoms with van der Waals surface area (Å²) in [5, 5.41) is 5.54. The lowest BCUT2D eigenvalue weighted by Gasteiger charge is -2.14. The van der Waals surface area contributed by atoms with Gasteiger partial charge in [-0.25, -0.2) is 13.3 Å². The second kappa shape index (κ2) is 7.50. The van der Waals surface area contributed by atoms with Gasteiger partial charge in [-0.05, 0) is 30.3 Å². The molecule has 4 rings (SSSR count). The van der Waals surface area contributed by atoms with Crippen molar-refractivity contribution in [2.45, 2.75) is 9.92 Å². The van der Waals surface area contributed by atoms with Crippen LogP contribution >= 0.6 is 35.0 Å². The van der Waals surface area contributed by atoms with Crippen LogP contribution < -0.4 is 5.56 Å². The van der Waals surface area contributed by atoms with Gasteiger partial charge in [0.2, 0.25) is 0 Å². The Balaban J connectivity index is 1.98. The van der Waals surface area contributed by atoms with E-state index < -0.39 is 17.2 Å². The van der Waals surface area contributed by atoms with Gasteiger partial charge in [0.25, 0.3) is 5.56 Å². The number of fused-ring (bicyclic) bond motifs is 1. The standard InChI is InChI=1S/C19H9Cl2F2N3OS/c20-13-2-1-3-14(21)18(13)12-7-11-8-17(27)24-9-26(11)25-19(12)28-16-5-4-10(22)6-15(16)23/h1-9H. The topological polar surface area (TPSA) is 47.3 Å². The Kier molecular flexibility index (Phi) is 5.05. The van der Waals surface area contributed by atoms with Crippen LogP contribution in [0.4, 0.5) is 8.78 Å². The Morgan fingerprint density at radius 2 is 1.75 bits per heavy atom. The molecule has 0 fully saturated rings. The van der Waals surface area contributed by atoms with Gasteiger partial charge < -0.3 is 0 Å². The second-order valence-corrected chi connectivity index (χ2v) is 7.58. The van der Waals surface area contributed by atoms with E-state index in [1.165, 1.54) is 23.0 Å². The van der Waals surface area contributed by atoms with Crippen molar-refractivity contribution in [1.82, 2.24) is 14.6 Å². The van der Waals surface area contributed by atoms with Gasteiger partial charge in [0.15, 0.2) is 0 Å². The van der Waals surface area contributed by atoms with Crippen molar-refractivity contribution in [2.75, 3.05) is 0 Å². The molecule has 0 unspecified atom stereocenters. The SMILES string of the molecule is O=c1cc2cc(-c3c(Cl)cccc3Cl)c(Sc3ccc(F)cc3F)nn2cn1. The molecule has 0 aliphatic carbocycles. The molecule has 2 heterocycles. The third-order valence-electron chi connectivity index (χ3n) is 3.88. The van der Waals surface area contributed by atoms with Crippen LogP contribution in [0, 0.1) is 11.6 Å². The maximum absolute atomic E-state index is 14.2. The van der Waals surface area contributed by atoms with Gasteiger partial charge in [-0.3, -0.25) is 4.79 Å². The quantitative estimate of drug-likeness (QED) is 0.426. The molecule has 0 aliphatic rings. The van der Waals surface area contributed by atoms with Crippen molar-refractivity contribution in [3.63, 3.8) is 0 Å². The van der Waals surface area contributed by atoms with E-state index >= 15 is 0 Å². The van der Waals surface area contributed by atoms with E-state index in [0.717, 1.165) is 23.9 Å². The zero-order valence-electron chi connectivity index (χ0n) is 13.9. The highest BCUT2D eigenvalue weighted by molar-refractivity contribution is 7.99. The molecule has 4 aromatic rings. The Morgan fingerprint density at radius 3 is 2.46 bits per heavy atom. The van der Waals surface area contributed by atoms with Crippen molar-refractivity contribution >= 4 is 40.5 Å². The van der Waals surface area contributed by atoms with Crippen LogP contribution in [0.25, 0.3) is 16.6 Å². The molecule has 0 atom stereocenters. The Hall–Kier alpha value is -2.48. The van der Waals surface area contributed by atoms with Crippen molar-refractivity contribution < 1.29 is 8.78 Å². The summed E-state index contributed by atoms with van der Waals surface area (Å²) in [6.45, 7) is 0. The molecule has 9 heteroatoms. The van der Waals surface area contributed by atoms with Crippen LogP contribution in [0.2, 0.25) is 10.0 Å². The minimum absolute atomic E-state index is 0.173. The fraction of sp³-hybridized carbons (Fsp3) is 0. The highest BCUT2D eigenvalue weighted by atomic mass is 35.5. The molecule has 0 bridgehead atoms. The highest BCUT2D eigenvalue weighted by Crippen LogP contribution is 2.41. The lowest BCUT2D eigenvalue weighted by Crippen LogP contribution is -2.09. The molecular formula is C19H9Cl2F2N3OS. The first-order valence-electron chi connectivity index (χ1n) is 7.89. The first kappa shape index (κ1) is 18.9. The number of hydrogen-bond acceptors (Lipinski definition) is 4. The van der Waals surface area contributed by atoms with Gasteiger partial charge in [0.1, 0.15) is 23.0 Å². The molecular weight excluding hydrogens is 427 g/mol. The van der Waals surface area contributed by atoms with Crippen molar-refractivity contribution in [3.05, 3.63) is 86.9 Å². The zero-order valence-corrected chi connectivity index (χ0v) is 16.2. The van der Waals surface area contributed by atoms with E-state index in [1.54, 1.807) is 24.3 Å². The van der Waals surface area contributed by atoms with Crippen molar-refractivity contribution in [2.24, 2.45) is 0 Å². The van der Waals surface area contributed by atoms with Gasteiger partial charge in [0.05, 0.1) is 5.52 Å². The predicted molar refractivity (Wildman–Crippen MR) is 105 cm³/mol. The number of benzene rings is 2. The maximum Gasteiger partial charge on any atom is 0.273 e. The van der Waals surface area contributed by atoms with Crippen LogP contribution in [-0.4, -0.2) is 14.6 Å². The molecule has 0 spiro atoms. The minimum Gasteiger partial charge on any atom is -0.267 e. The van der Waals surface area contributed by atoms with Crippen molar-refractivity contribution in [1.29, 1.82) is 0 Å². The molecule has 28 heavy (non-hydrogen) atoms. The van der Waals surface area contributed by atoms with Crippen molar-refractivity contribution in [3.8, 4) is 11.1 Å². The van der Waals surface area contributed by atoms with Gasteiger partial charge in [-0.15, -0.1) is 0 Å². The molecule has 0 aliphatic heterocycles. The lowest BCUT2D eigenvalue weighted by molar-refractivity contribution is 0.565. The van der Waals surface area contributed by atoms with E-state index in [2.05, 4.69) is 10.1 Å². The Morgan fingerprint density at radius 1 is 1.00 bits per heavy atom. The average Bonchev–Trinajstić information content (AvgIpc) is 2.64. The smallest absolute Gasteiger partial charge is 0.267 e. The number of aromatic nitrogens is 3. The van der Waals surface area contributed by atoms with Crippen LogP contribution in [0.15, 0.2) is 69.6 Å². The predicted octanol–water partition coefficient (Wildman–Crippen LogP) is 5.49. The van der Waals surface area contributed by atoms with Crippen LogP contribution in [0.5, 0.6) is 0 Å². The van der Waals surface area contributed by atoms with Crippen LogP contribution in [0.3, 0.4) is 0 Å². The third-order valence-corrected chi connectivity index (χ3v) is 5.56. The summed E-state index contributed by atoms with van der Waals surface area (Å²) in [5.41, 5.74) is 1.04. The molecule has 2 aromatic heterocycles. The monoisotopic (exact) mass is 435 g/mol. The largest absolute Gasteiger partial charge is 0.273 e. The first-order valence-corrected chi connectivity index (χ1v) is 9.46. The molecule has 4 nitrogen and oxygen atoms in total. The summed E-state index contributed by atoms with van der Waals surface area (Å²) in [4.78, 5) is 15.5. The molecule has 0 radical (unpaired) electrons. The number of rotatable bonds is 3. The minimum atomic E-state index is -0.721. The van der Waals surface area contributed by atoms with Crippen LogP contribution in [0.1, 0.15) is 0 Å². The number of hydrogen-bond donors (Lipinski definition) is 0. The normalized spacial score (nSPS) is 11.1. The lowest BCUT2D eigenvalue weighted by atomic mass is 10.1. The van der Waals surface area contributed by atoms with E-state index in [9.17, 15) is 13.6 Å². The van der Waals surface area contributed by atoms with Gasteiger partial charge in [0, 0.05) is 38.2 Å². The number of nitrogens with zero attached hydrogens (tertiary/aromatic N) is 3. The summed E-state index contributed by atoms with van der Waals surface area (Å²) in [6, 6.07) is 11.3. The molecule has 0 amide bonds. The molecule has 140 valence electrons. The van der Waals surface area contributed by atoms with E-state index in [0.29, 0.717) is 31.7 Å². The second-order valence-electron chi connectivity index (χ2n) is 5.73. The summed E-state index contributed by atoms with van der Waals surface area (Å²) in [5.74, 6) is -1.40. The summed E-state index contributed by atoms with van der Waals surface area (Å²) < 4.78 is 28.8. The fourth-order valence-corrected chi connectivity index (χ4v) is 4.13. The molecule has 0 saturated heterocycles. The number of halogens is 4. The molecule has 2 aromatic carbocycles. The Bertz CT molecular complexity index is 1260. The third kappa shape index (κ3) is 3.61. The maximum atomic E-state index is 14.2. The van der Waals surface area contributed by atoms with E-state index in [1.807, 2.05) is 0 Å². The van der Waals surface area contributed by atoms with Gasteiger partial charge in [-0.1, -0.05) is 41.0 Å². The average molecular weight is 436 g/mol. The van der Waals surface area contributed by atoms with Gasteiger partial charge in [-0.2, -0.15) is 10.1 Å². The first-order chi connectivity index (χ1) is 13.4. The summed E-state index contributed by atoms with van der Waals surface area (Å²) >= 11 is 13.7. The zero-order chi connectivity index (χ0) is 19.8. The van der Waals surface area contributed by atoms with E-state index in [4.69, 9.17) is 23.2 Å². The summed E-state index contributed by atoms with van der Waals surface area (Å²) in [6.07, 6.45) is 1.26. The van der Waals surface area contributed by atoms with E-state index in [-0.39, 0.29) is 4.90 Å². The molecule has 0 saturated carbocycles. The highest BCUT2D eigenvalue weighted by Gasteiger charge is 2.18. The molecule has 0 N–H and O–H groups in total. The fourth-order valence-electron chi connectivity index (χ4n) is 2.63. The van der Waals surface area contributed by atoms with Gasteiger partial charge >= 0.3 is 0 Å². The summed E-state index contributed by atoms with van der Waals surface area (Å²) in [7, 11) is 0. The van der Waals surface area contributed by atoms with Crippen LogP contribution in [-0.2, 0) is 0 Å². The Labute approximate surface area is 171 Å².